The number of phosphoric acid groups is 1. The number of phosphoric ester groups is 1. The normalized spacial score (nSPS) is 13.4. The summed E-state index contributed by atoms with van der Waals surface area (Å²) in [5.41, 5.74) is -9.50. The molecule has 0 saturated heterocycles. The van der Waals surface area contributed by atoms with Crippen LogP contribution in [-0.2, 0) is 51.1 Å². The SMILES string of the molecule is C/C(=C\C#N)Nc1cccc(C(F)(F)F)c1.C/C(Nc1cccc(C(F)(F)F)c1)=C(\C#N)[C@H](NC(=O)OC(C)(C)C)c1ccc(C#N)cc1.CC(C)(C)OC(=O)N=Cc1ccc(C#N)cc1.O=P1(O)Oc2c(-c3cc(C(F)(F)F)cc(C(F)(F)F)c3)cc3ccccc3c2-c2c(c(-c3cc(C(F)(F)F)cc(C(F)(F)F)c3)cc3ccccc23)O1. The van der Waals surface area contributed by atoms with Crippen LogP contribution < -0.4 is 25.0 Å². The summed E-state index contributed by atoms with van der Waals surface area (Å²) in [5, 5.41) is 44.5. The van der Waals surface area contributed by atoms with E-state index in [9.17, 15) is 103 Å². The van der Waals surface area contributed by atoms with E-state index in [0.717, 1.165) is 42.0 Å². The number of hydrogen-bond acceptors (Lipinski definition) is 13. The molecule has 16 nitrogen and oxygen atoms in total. The number of ether oxygens (including phenoxy) is 2. The van der Waals surface area contributed by atoms with E-state index in [0.29, 0.717) is 52.3 Å². The molecule has 35 heteroatoms. The summed E-state index contributed by atoms with van der Waals surface area (Å²) in [6.45, 7) is 13.5. The van der Waals surface area contributed by atoms with Gasteiger partial charge in [0.25, 0.3) is 0 Å². The lowest BCUT2D eigenvalue weighted by Gasteiger charge is -2.25. The third kappa shape index (κ3) is 24.9. The molecule has 0 spiro atoms. The summed E-state index contributed by atoms with van der Waals surface area (Å²) >= 11 is 0. The van der Waals surface area contributed by atoms with E-state index >= 15 is 0 Å². The minimum Gasteiger partial charge on any atom is -0.444 e. The molecule has 4 N–H and O–H groups in total. The number of nitrogens with zero attached hydrogens (tertiary/aromatic N) is 5. The van der Waals surface area contributed by atoms with E-state index in [-0.39, 0.29) is 61.8 Å². The summed E-state index contributed by atoms with van der Waals surface area (Å²) in [7, 11) is -5.61. The number of hydrogen-bond donors (Lipinski definition) is 4. The van der Waals surface area contributed by atoms with Crippen LogP contribution in [-0.4, -0.2) is 34.5 Å². The van der Waals surface area contributed by atoms with Gasteiger partial charge in [0.15, 0.2) is 0 Å². The number of rotatable bonds is 10. The molecule has 1 aliphatic heterocycles. The number of nitrogens with one attached hydrogen (secondary N) is 3. The second-order valence-electron chi connectivity index (χ2n) is 27.7. The standard InChI is InChI=1S/C36H17F12O4P.C24H23F3N4O2.C13H14N2O2.C11H9F3N2/c37-33(38,39)21-9-19(10-22(15-21)34(40,41)42)27-13-17-5-1-3-7-25(17)29-30-26-8-4-2-6-18(26)14-28(32(30)52-53(49,50)51-31(27)29)20-11-23(35(43,44)45)16-24(12-20)36(46,47)48;1-15(30-19-7-5-6-18(12-19)24(25,26)27)20(14-29)21(31-22(32)33-23(2,3)4)17-10-8-16(13-28)9-11-17;1-13(2,3)17-12(16)15-9-11-6-4-10(8-14)5-7-11;1-8(5-6-15)16-10-4-2-3-9(7-10)11(12,13)14/h1-16H,(H,49,50);5-12,21,30H,1-4H3,(H,31,32);4-7,9H,1-3H3;2-5,7,16H,1H3/b;20-15-;;8-5+/t;21-;;/m.1../s1. The number of fused-ring (bicyclic) bond motifs is 7. The Kier molecular flexibility index (Phi) is 27.6. The van der Waals surface area contributed by atoms with Crippen molar-refractivity contribution in [2.45, 2.75) is 110 Å². The van der Waals surface area contributed by atoms with E-state index in [2.05, 4.69) is 20.9 Å². The fraction of sp³-hybridized carbons (Fsp3) is 0.202. The molecule has 10 aromatic rings. The minimum atomic E-state index is -5.61. The van der Waals surface area contributed by atoms with E-state index < -0.39 is 141 Å². The summed E-state index contributed by atoms with van der Waals surface area (Å²) in [6, 6.07) is 44.2. The van der Waals surface area contributed by atoms with E-state index in [4.69, 9.17) is 34.3 Å². The highest BCUT2D eigenvalue weighted by atomic mass is 31.2. The van der Waals surface area contributed by atoms with Gasteiger partial charge in [-0.1, -0.05) is 84.9 Å². The third-order valence-electron chi connectivity index (χ3n) is 16.4. The van der Waals surface area contributed by atoms with Crippen LogP contribution in [0.4, 0.5) is 100.0 Å². The van der Waals surface area contributed by atoms with Crippen LogP contribution in [0.2, 0.25) is 0 Å². The van der Waals surface area contributed by atoms with Crippen molar-refractivity contribution in [1.29, 1.82) is 21.0 Å². The Morgan fingerprint density at radius 1 is 0.479 bits per heavy atom. The summed E-state index contributed by atoms with van der Waals surface area (Å²) in [6.07, 6.45) is -28.8. The molecule has 2 amide bonds. The van der Waals surface area contributed by atoms with E-state index in [1.807, 2.05) is 18.2 Å². The molecular formula is C84H63F18N8O8P. The van der Waals surface area contributed by atoms with Crippen LogP contribution in [0.1, 0.15) is 117 Å². The number of alkyl halides is 18. The zero-order valence-electron chi connectivity index (χ0n) is 63.0. The number of alkyl carbamates (subject to hydrolysis) is 1. The van der Waals surface area contributed by atoms with Crippen molar-refractivity contribution >= 4 is 59.1 Å². The minimum absolute atomic E-state index is 0.0583. The molecule has 618 valence electrons. The summed E-state index contributed by atoms with van der Waals surface area (Å²) in [5.74, 6) is -1.49. The molecule has 0 saturated carbocycles. The maximum atomic E-state index is 14.0. The first-order valence-corrected chi connectivity index (χ1v) is 35.9. The number of carbonyl (C=O) groups excluding carboxylic acids is 2. The molecular weight excluding hydrogens is 1620 g/mol. The van der Waals surface area contributed by atoms with Gasteiger partial charge in [-0.2, -0.15) is 105 Å². The van der Waals surface area contributed by atoms with Gasteiger partial charge in [-0.15, -0.1) is 0 Å². The smallest absolute Gasteiger partial charge is 0.444 e. The van der Waals surface area contributed by atoms with Gasteiger partial charge in [0.2, 0.25) is 0 Å². The molecule has 10 aromatic carbocycles. The highest BCUT2D eigenvalue weighted by Gasteiger charge is 2.43. The molecule has 0 radical (unpaired) electrons. The number of benzene rings is 10. The largest absolute Gasteiger partial charge is 0.584 e. The third-order valence-corrected chi connectivity index (χ3v) is 17.2. The Balaban J connectivity index is 0.000000226. The van der Waals surface area contributed by atoms with E-state index in [1.54, 1.807) is 90.9 Å². The second kappa shape index (κ2) is 36.1. The fourth-order valence-electron chi connectivity index (χ4n) is 11.4. The van der Waals surface area contributed by atoms with E-state index in [1.165, 1.54) is 104 Å². The highest BCUT2D eigenvalue weighted by Crippen LogP contribution is 2.62. The van der Waals surface area contributed by atoms with Crippen LogP contribution in [0.25, 0.3) is 54.9 Å². The van der Waals surface area contributed by atoms with Gasteiger partial charge in [0.1, 0.15) is 22.7 Å². The number of carbonyl (C=O) groups is 2. The van der Waals surface area contributed by atoms with Gasteiger partial charge in [-0.25, -0.2) is 14.2 Å². The zero-order chi connectivity index (χ0) is 88.3. The average molecular weight is 1690 g/mol. The Morgan fingerprint density at radius 3 is 1.24 bits per heavy atom. The van der Waals surface area contributed by atoms with Gasteiger partial charge in [-0.05, 0) is 208 Å². The molecule has 1 heterocycles. The van der Waals surface area contributed by atoms with Crippen molar-refractivity contribution < 1.29 is 117 Å². The number of amides is 2. The molecule has 0 bridgehead atoms. The number of allylic oxidation sites excluding steroid dienone is 3. The van der Waals surface area contributed by atoms with Crippen LogP contribution in [0.3, 0.4) is 0 Å². The van der Waals surface area contributed by atoms with Gasteiger partial charge in [-0.3, -0.25) is 4.89 Å². The van der Waals surface area contributed by atoms with Crippen molar-refractivity contribution in [1.82, 2.24) is 5.32 Å². The van der Waals surface area contributed by atoms with Crippen LogP contribution in [0.15, 0.2) is 222 Å². The first-order valence-electron chi connectivity index (χ1n) is 34.4. The average Bonchev–Trinajstić information content (AvgIpc) is 1.66. The molecule has 0 fully saturated rings. The monoisotopic (exact) mass is 1680 g/mol. The first kappa shape index (κ1) is 91.2. The van der Waals surface area contributed by atoms with Crippen LogP contribution >= 0.6 is 7.82 Å². The maximum absolute atomic E-state index is 14.0. The molecule has 0 aromatic heterocycles. The van der Waals surface area contributed by atoms with Crippen LogP contribution in [0.5, 0.6) is 11.5 Å². The topological polar surface area (TPSA) is 252 Å². The van der Waals surface area contributed by atoms with Crippen molar-refractivity contribution in [3.8, 4) is 69.2 Å². The van der Waals surface area contributed by atoms with Crippen molar-refractivity contribution in [3.05, 3.63) is 273 Å². The van der Waals surface area contributed by atoms with Crippen molar-refractivity contribution in [2.75, 3.05) is 10.6 Å². The molecule has 1 aliphatic rings. The van der Waals surface area contributed by atoms with Gasteiger partial charge < -0.3 is 34.5 Å². The second-order valence-corrected chi connectivity index (χ2v) is 29.0. The highest BCUT2D eigenvalue weighted by molar-refractivity contribution is 7.48. The number of anilines is 2. The predicted octanol–water partition coefficient (Wildman–Crippen LogP) is 25.5. The summed E-state index contributed by atoms with van der Waals surface area (Å²) in [4.78, 5) is 38.5. The molecule has 1 atom stereocenters. The molecule has 11 rings (SSSR count). The Bertz CT molecular complexity index is 5560. The lowest BCUT2D eigenvalue weighted by Crippen LogP contribution is -2.36. The van der Waals surface area contributed by atoms with Crippen LogP contribution in [0, 0.1) is 45.3 Å². The zero-order valence-corrected chi connectivity index (χ0v) is 63.9. The maximum Gasteiger partial charge on any atom is 0.584 e. The van der Waals surface area contributed by atoms with Gasteiger partial charge in [0, 0.05) is 57.3 Å². The molecule has 0 unspecified atom stereocenters. The first-order chi connectivity index (χ1) is 55.2. The number of aliphatic imine (C=N–C) groups is 1. The fourth-order valence-corrected chi connectivity index (χ4v) is 12.2. The van der Waals surface area contributed by atoms with Crippen molar-refractivity contribution in [3.63, 3.8) is 0 Å². The Hall–Kier alpha value is -13.3. The predicted molar refractivity (Wildman–Crippen MR) is 405 cm³/mol. The number of nitriles is 4. The quantitative estimate of drug-likeness (QED) is 0.0430. The molecule has 0 aliphatic carbocycles. The van der Waals surface area contributed by atoms with Gasteiger partial charge in [0.05, 0.1) is 80.4 Å². The lowest BCUT2D eigenvalue weighted by molar-refractivity contribution is -0.144. The molecule has 119 heavy (non-hydrogen) atoms. The van der Waals surface area contributed by atoms with Crippen molar-refractivity contribution in [2.24, 2.45) is 4.99 Å². The van der Waals surface area contributed by atoms with Gasteiger partial charge >= 0.3 is 57.1 Å². The number of halogens is 18. The summed E-state index contributed by atoms with van der Waals surface area (Å²) < 4.78 is 279. The Labute approximate surface area is 666 Å². The lowest BCUT2D eigenvalue weighted by atomic mass is 9.85. The Morgan fingerprint density at radius 2 is 0.866 bits per heavy atom.